The number of nitrogens with zero attached hydrogens (tertiary/aromatic N) is 2. The molecule has 1 aromatic carbocycles. The van der Waals surface area contributed by atoms with Crippen molar-refractivity contribution < 1.29 is 14.4 Å². The van der Waals surface area contributed by atoms with Gasteiger partial charge < -0.3 is 4.90 Å². The molecule has 1 aliphatic carbocycles. The maximum atomic E-state index is 12.5. The number of imide groups is 1. The minimum atomic E-state index is -0.117. The van der Waals surface area contributed by atoms with E-state index in [-0.39, 0.29) is 23.8 Å². The van der Waals surface area contributed by atoms with Crippen LogP contribution >= 0.6 is 0 Å². The van der Waals surface area contributed by atoms with Crippen LogP contribution < -0.4 is 0 Å². The Morgan fingerprint density at radius 1 is 1.17 bits per heavy atom. The van der Waals surface area contributed by atoms with E-state index in [1.54, 1.807) is 17.0 Å². The number of carbonyl (C=O) groups is 3. The van der Waals surface area contributed by atoms with Crippen LogP contribution in [-0.4, -0.2) is 40.6 Å². The molecule has 3 rings (SSSR count). The predicted molar refractivity (Wildman–Crippen MR) is 85.5 cm³/mol. The molecule has 1 saturated heterocycles. The highest BCUT2D eigenvalue weighted by atomic mass is 16.2. The average molecular weight is 314 g/mol. The van der Waals surface area contributed by atoms with Gasteiger partial charge in [0.2, 0.25) is 11.8 Å². The molecule has 1 aliphatic heterocycles. The van der Waals surface area contributed by atoms with Crippen LogP contribution in [0.2, 0.25) is 0 Å². The average Bonchev–Trinajstić information content (AvgIpc) is 3.36. The summed E-state index contributed by atoms with van der Waals surface area (Å²) in [6.07, 6.45) is 3.02. The number of hydrogen-bond donors (Lipinski definition) is 0. The monoisotopic (exact) mass is 314 g/mol. The summed E-state index contributed by atoms with van der Waals surface area (Å²) in [6.45, 7) is 2.38. The van der Waals surface area contributed by atoms with Gasteiger partial charge in [-0.2, -0.15) is 0 Å². The molecule has 2 fully saturated rings. The van der Waals surface area contributed by atoms with E-state index in [0.29, 0.717) is 30.9 Å². The fourth-order valence-electron chi connectivity index (χ4n) is 3.02. The molecule has 3 amide bonds. The van der Waals surface area contributed by atoms with Gasteiger partial charge in [0.25, 0.3) is 5.91 Å². The Bertz CT molecular complexity index is 618. The van der Waals surface area contributed by atoms with Crippen molar-refractivity contribution in [2.24, 2.45) is 5.92 Å². The zero-order chi connectivity index (χ0) is 16.6. The van der Waals surface area contributed by atoms with Gasteiger partial charge in [0.15, 0.2) is 0 Å². The normalized spacial score (nSPS) is 19.1. The highest BCUT2D eigenvalue weighted by molar-refractivity contribution is 6.01. The van der Waals surface area contributed by atoms with Crippen molar-refractivity contribution in [2.45, 2.75) is 45.2 Å². The van der Waals surface area contributed by atoms with E-state index in [9.17, 15) is 14.4 Å². The summed E-state index contributed by atoms with van der Waals surface area (Å²) in [6, 6.07) is 7.46. The number of amides is 3. The summed E-state index contributed by atoms with van der Waals surface area (Å²) in [5.74, 6) is 0.418. The summed E-state index contributed by atoms with van der Waals surface area (Å²) < 4.78 is 0. The lowest BCUT2D eigenvalue weighted by atomic mass is 10.1. The third-order valence-corrected chi connectivity index (χ3v) is 4.93. The lowest BCUT2D eigenvalue weighted by molar-refractivity contribution is -0.139. The fraction of sp³-hybridized carbons (Fsp3) is 0.500. The highest BCUT2D eigenvalue weighted by Gasteiger charge is 2.33. The Kier molecular flexibility index (Phi) is 4.20. The number of hydrogen-bond acceptors (Lipinski definition) is 3. The van der Waals surface area contributed by atoms with Gasteiger partial charge in [0.05, 0.1) is 6.54 Å². The fourth-order valence-corrected chi connectivity index (χ4v) is 3.02. The Hall–Kier alpha value is -2.17. The SMILES string of the molecule is CC(C1CC1)N(C)C(=O)c1ccc(CN2C(=O)CCC2=O)cc1. The summed E-state index contributed by atoms with van der Waals surface area (Å²) >= 11 is 0. The van der Waals surface area contributed by atoms with E-state index >= 15 is 0 Å². The van der Waals surface area contributed by atoms with E-state index < -0.39 is 0 Å². The molecule has 5 heteroatoms. The smallest absolute Gasteiger partial charge is 0.253 e. The minimum Gasteiger partial charge on any atom is -0.339 e. The van der Waals surface area contributed by atoms with Crippen LogP contribution in [0.15, 0.2) is 24.3 Å². The third-order valence-electron chi connectivity index (χ3n) is 4.93. The molecule has 0 N–H and O–H groups in total. The first-order valence-electron chi connectivity index (χ1n) is 8.16. The van der Waals surface area contributed by atoms with Crippen molar-refractivity contribution in [1.29, 1.82) is 0 Å². The van der Waals surface area contributed by atoms with Gasteiger partial charge in [-0.15, -0.1) is 0 Å². The van der Waals surface area contributed by atoms with E-state index in [1.165, 1.54) is 17.7 Å². The molecule has 23 heavy (non-hydrogen) atoms. The lowest BCUT2D eigenvalue weighted by Gasteiger charge is -2.25. The molecular weight excluding hydrogens is 292 g/mol. The van der Waals surface area contributed by atoms with E-state index in [1.807, 2.05) is 19.2 Å². The molecule has 1 aromatic rings. The number of carbonyl (C=O) groups excluding carboxylic acids is 3. The predicted octanol–water partition coefficient (Wildman–Crippen LogP) is 2.21. The zero-order valence-corrected chi connectivity index (χ0v) is 13.6. The van der Waals surface area contributed by atoms with Crippen molar-refractivity contribution >= 4 is 17.7 Å². The van der Waals surface area contributed by atoms with Crippen molar-refractivity contribution in [3.63, 3.8) is 0 Å². The van der Waals surface area contributed by atoms with Crippen LogP contribution in [0.3, 0.4) is 0 Å². The van der Waals surface area contributed by atoms with Crippen LogP contribution in [0.4, 0.5) is 0 Å². The standard InChI is InChI=1S/C18H22N2O3/c1-12(14-7-8-14)19(2)18(23)15-5-3-13(4-6-15)11-20-16(21)9-10-17(20)22/h3-6,12,14H,7-11H2,1-2H3. The van der Waals surface area contributed by atoms with E-state index in [0.717, 1.165) is 5.56 Å². The van der Waals surface area contributed by atoms with Crippen LogP contribution in [0, 0.1) is 5.92 Å². The van der Waals surface area contributed by atoms with Crippen molar-refractivity contribution in [2.75, 3.05) is 7.05 Å². The Morgan fingerprint density at radius 2 is 1.74 bits per heavy atom. The van der Waals surface area contributed by atoms with Crippen LogP contribution in [0.1, 0.15) is 48.5 Å². The molecule has 1 heterocycles. The van der Waals surface area contributed by atoms with Gasteiger partial charge in [-0.05, 0) is 43.4 Å². The van der Waals surface area contributed by atoms with Crippen molar-refractivity contribution in [3.8, 4) is 0 Å². The first-order chi connectivity index (χ1) is 11.0. The molecule has 2 aliphatic rings. The maximum Gasteiger partial charge on any atom is 0.253 e. The van der Waals surface area contributed by atoms with Gasteiger partial charge in [0.1, 0.15) is 0 Å². The van der Waals surface area contributed by atoms with Gasteiger partial charge in [-0.25, -0.2) is 0 Å². The number of benzene rings is 1. The largest absolute Gasteiger partial charge is 0.339 e. The first kappa shape index (κ1) is 15.7. The summed E-state index contributed by atoms with van der Waals surface area (Å²) in [7, 11) is 1.85. The third kappa shape index (κ3) is 3.28. The van der Waals surface area contributed by atoms with Crippen LogP contribution in [-0.2, 0) is 16.1 Å². The zero-order valence-electron chi connectivity index (χ0n) is 13.6. The summed E-state index contributed by atoms with van der Waals surface area (Å²) in [4.78, 5) is 38.9. The van der Waals surface area contributed by atoms with E-state index in [2.05, 4.69) is 6.92 Å². The molecule has 0 radical (unpaired) electrons. The number of likely N-dealkylation sites (tertiary alicyclic amines) is 1. The van der Waals surface area contributed by atoms with Gasteiger partial charge >= 0.3 is 0 Å². The Labute approximate surface area is 136 Å². The number of rotatable bonds is 5. The lowest BCUT2D eigenvalue weighted by Crippen LogP contribution is -2.36. The second kappa shape index (κ2) is 6.14. The molecule has 0 aromatic heterocycles. The molecule has 5 nitrogen and oxygen atoms in total. The second-order valence-electron chi connectivity index (χ2n) is 6.56. The van der Waals surface area contributed by atoms with Crippen LogP contribution in [0.25, 0.3) is 0 Å². The van der Waals surface area contributed by atoms with Gasteiger partial charge in [-0.3, -0.25) is 19.3 Å². The Morgan fingerprint density at radius 3 is 2.26 bits per heavy atom. The molecule has 122 valence electrons. The van der Waals surface area contributed by atoms with Crippen molar-refractivity contribution in [3.05, 3.63) is 35.4 Å². The molecular formula is C18H22N2O3. The second-order valence-corrected chi connectivity index (χ2v) is 6.56. The molecule has 0 bridgehead atoms. The molecule has 1 saturated carbocycles. The first-order valence-corrected chi connectivity index (χ1v) is 8.16. The van der Waals surface area contributed by atoms with E-state index in [4.69, 9.17) is 0 Å². The summed E-state index contributed by atoms with van der Waals surface area (Å²) in [5, 5.41) is 0. The van der Waals surface area contributed by atoms with Crippen molar-refractivity contribution in [1.82, 2.24) is 9.80 Å². The van der Waals surface area contributed by atoms with Crippen LogP contribution in [0.5, 0.6) is 0 Å². The molecule has 1 unspecified atom stereocenters. The minimum absolute atomic E-state index is 0.0178. The highest BCUT2D eigenvalue weighted by Crippen LogP contribution is 2.35. The van der Waals surface area contributed by atoms with Gasteiger partial charge in [0, 0.05) is 31.5 Å². The molecule has 1 atom stereocenters. The van der Waals surface area contributed by atoms with Gasteiger partial charge in [-0.1, -0.05) is 12.1 Å². The quantitative estimate of drug-likeness (QED) is 0.783. The summed E-state index contributed by atoms with van der Waals surface area (Å²) in [5.41, 5.74) is 1.51. The topological polar surface area (TPSA) is 57.7 Å². The molecule has 0 spiro atoms. The Balaban J connectivity index is 1.65. The maximum absolute atomic E-state index is 12.5.